The van der Waals surface area contributed by atoms with Gasteiger partial charge >= 0.3 is 0 Å². The van der Waals surface area contributed by atoms with E-state index in [0.717, 1.165) is 11.3 Å². The van der Waals surface area contributed by atoms with Gasteiger partial charge in [-0.2, -0.15) is 0 Å². The summed E-state index contributed by atoms with van der Waals surface area (Å²) in [6.45, 7) is 1.82. The number of hydrogen-bond acceptors (Lipinski definition) is 4. The SMILES string of the molecule is Clc1ccc(Cl)c(-c2ccc(CNCCOc3ccccn3)o2)c1. The highest BCUT2D eigenvalue weighted by Gasteiger charge is 2.09. The summed E-state index contributed by atoms with van der Waals surface area (Å²) in [7, 11) is 0. The van der Waals surface area contributed by atoms with Gasteiger partial charge in [0.1, 0.15) is 18.1 Å². The van der Waals surface area contributed by atoms with Crippen LogP contribution in [0.2, 0.25) is 10.0 Å². The molecule has 0 amide bonds. The first kappa shape index (κ1) is 16.8. The average Bonchev–Trinajstić information content (AvgIpc) is 3.06. The van der Waals surface area contributed by atoms with Crippen molar-refractivity contribution in [3.8, 4) is 17.2 Å². The first-order chi connectivity index (χ1) is 11.7. The summed E-state index contributed by atoms with van der Waals surface area (Å²) >= 11 is 12.2. The topological polar surface area (TPSA) is 47.3 Å². The largest absolute Gasteiger partial charge is 0.476 e. The third-order valence-corrected chi connectivity index (χ3v) is 3.89. The molecular weight excluding hydrogens is 347 g/mol. The van der Waals surface area contributed by atoms with Gasteiger partial charge in [-0.1, -0.05) is 29.3 Å². The smallest absolute Gasteiger partial charge is 0.213 e. The number of nitrogens with zero attached hydrogens (tertiary/aromatic N) is 1. The summed E-state index contributed by atoms with van der Waals surface area (Å²) < 4.78 is 11.3. The summed E-state index contributed by atoms with van der Waals surface area (Å²) in [5.41, 5.74) is 0.786. The van der Waals surface area contributed by atoms with Gasteiger partial charge in [-0.25, -0.2) is 4.98 Å². The molecule has 0 unspecified atom stereocenters. The highest BCUT2D eigenvalue weighted by molar-refractivity contribution is 6.35. The number of nitrogens with one attached hydrogen (secondary N) is 1. The van der Waals surface area contributed by atoms with Crippen LogP contribution in [0.1, 0.15) is 5.76 Å². The van der Waals surface area contributed by atoms with Crippen LogP contribution in [0.3, 0.4) is 0 Å². The van der Waals surface area contributed by atoms with E-state index in [1.165, 1.54) is 0 Å². The second kappa shape index (κ2) is 8.20. The number of aromatic nitrogens is 1. The summed E-state index contributed by atoms with van der Waals surface area (Å²) in [6.07, 6.45) is 1.70. The Balaban J connectivity index is 1.49. The van der Waals surface area contributed by atoms with E-state index < -0.39 is 0 Å². The predicted molar refractivity (Wildman–Crippen MR) is 95.6 cm³/mol. The number of rotatable bonds is 7. The third kappa shape index (κ3) is 4.51. The first-order valence-electron chi connectivity index (χ1n) is 7.51. The lowest BCUT2D eigenvalue weighted by Crippen LogP contribution is -2.20. The molecule has 0 aliphatic rings. The molecule has 2 aromatic heterocycles. The Morgan fingerprint density at radius 3 is 2.83 bits per heavy atom. The summed E-state index contributed by atoms with van der Waals surface area (Å²) in [5.74, 6) is 2.14. The van der Waals surface area contributed by atoms with Crippen molar-refractivity contribution in [1.29, 1.82) is 0 Å². The molecule has 0 saturated heterocycles. The molecule has 0 fully saturated rings. The van der Waals surface area contributed by atoms with Crippen LogP contribution in [0.4, 0.5) is 0 Å². The molecule has 0 spiro atoms. The fourth-order valence-corrected chi connectivity index (χ4v) is 2.56. The lowest BCUT2D eigenvalue weighted by atomic mass is 10.2. The van der Waals surface area contributed by atoms with Gasteiger partial charge in [0.05, 0.1) is 11.6 Å². The Labute approximate surface area is 150 Å². The second-order valence-electron chi connectivity index (χ2n) is 5.08. The standard InChI is InChI=1S/C18H16Cl2N2O2/c19-13-4-6-16(20)15(11-13)17-7-5-14(24-17)12-21-9-10-23-18-3-1-2-8-22-18/h1-8,11,21H,9-10,12H2. The molecule has 0 bridgehead atoms. The average molecular weight is 363 g/mol. The van der Waals surface area contributed by atoms with Gasteiger partial charge < -0.3 is 14.5 Å². The van der Waals surface area contributed by atoms with Crippen LogP contribution in [0.25, 0.3) is 11.3 Å². The summed E-state index contributed by atoms with van der Waals surface area (Å²) in [5, 5.41) is 4.49. The monoisotopic (exact) mass is 362 g/mol. The first-order valence-corrected chi connectivity index (χ1v) is 8.26. The maximum absolute atomic E-state index is 6.19. The Morgan fingerprint density at radius 2 is 2.00 bits per heavy atom. The zero-order valence-corrected chi connectivity index (χ0v) is 14.3. The zero-order valence-electron chi connectivity index (χ0n) is 12.8. The zero-order chi connectivity index (χ0) is 16.8. The molecule has 3 rings (SSSR count). The molecule has 2 heterocycles. The number of ether oxygens (including phenoxy) is 1. The van der Waals surface area contributed by atoms with Crippen LogP contribution in [-0.4, -0.2) is 18.1 Å². The van der Waals surface area contributed by atoms with Gasteiger partial charge in [0.15, 0.2) is 0 Å². The van der Waals surface area contributed by atoms with Crippen LogP contribution in [0, 0.1) is 0 Å². The highest BCUT2D eigenvalue weighted by Crippen LogP contribution is 2.31. The molecule has 1 aromatic carbocycles. The number of hydrogen-bond donors (Lipinski definition) is 1. The third-order valence-electron chi connectivity index (χ3n) is 3.32. The van der Waals surface area contributed by atoms with E-state index in [1.54, 1.807) is 24.4 Å². The van der Waals surface area contributed by atoms with E-state index in [0.29, 0.717) is 41.4 Å². The van der Waals surface area contributed by atoms with Gasteiger partial charge in [-0.15, -0.1) is 0 Å². The Bertz CT molecular complexity index is 791. The molecule has 0 saturated carbocycles. The van der Waals surface area contributed by atoms with Crippen molar-refractivity contribution in [2.45, 2.75) is 6.54 Å². The Hall–Kier alpha value is -2.01. The van der Waals surface area contributed by atoms with Crippen molar-refractivity contribution >= 4 is 23.2 Å². The van der Waals surface area contributed by atoms with E-state index in [-0.39, 0.29) is 0 Å². The lowest BCUT2D eigenvalue weighted by Gasteiger charge is -2.05. The number of furan rings is 1. The predicted octanol–water partition coefficient (Wildman–Crippen LogP) is 4.82. The maximum atomic E-state index is 6.19. The van der Waals surface area contributed by atoms with Gasteiger partial charge in [-0.3, -0.25) is 0 Å². The molecular formula is C18H16Cl2N2O2. The van der Waals surface area contributed by atoms with Gasteiger partial charge in [0.25, 0.3) is 0 Å². The Kier molecular flexibility index (Phi) is 5.75. The molecule has 0 aliphatic heterocycles. The van der Waals surface area contributed by atoms with E-state index in [1.807, 2.05) is 30.3 Å². The molecule has 0 aliphatic carbocycles. The molecule has 124 valence electrons. The minimum atomic E-state index is 0.532. The minimum Gasteiger partial charge on any atom is -0.476 e. The minimum absolute atomic E-state index is 0.532. The van der Waals surface area contributed by atoms with Crippen molar-refractivity contribution in [1.82, 2.24) is 10.3 Å². The van der Waals surface area contributed by atoms with Gasteiger partial charge in [0.2, 0.25) is 5.88 Å². The maximum Gasteiger partial charge on any atom is 0.213 e. The number of halogens is 2. The molecule has 3 aromatic rings. The van der Waals surface area contributed by atoms with Crippen molar-refractivity contribution in [3.05, 3.63) is 70.5 Å². The number of benzene rings is 1. The number of pyridine rings is 1. The molecule has 1 N–H and O–H groups in total. The van der Waals surface area contributed by atoms with Crippen molar-refractivity contribution in [2.75, 3.05) is 13.2 Å². The van der Waals surface area contributed by atoms with E-state index >= 15 is 0 Å². The van der Waals surface area contributed by atoms with Gasteiger partial charge in [-0.05, 0) is 36.4 Å². The van der Waals surface area contributed by atoms with Gasteiger partial charge in [0, 0.05) is 29.4 Å². The quantitative estimate of drug-likeness (QED) is 0.612. The molecule has 24 heavy (non-hydrogen) atoms. The van der Waals surface area contributed by atoms with Crippen molar-refractivity contribution in [2.24, 2.45) is 0 Å². The normalized spacial score (nSPS) is 10.8. The summed E-state index contributed by atoms with van der Waals surface area (Å²) in [4.78, 5) is 4.09. The van der Waals surface area contributed by atoms with Crippen molar-refractivity contribution < 1.29 is 9.15 Å². The molecule has 0 atom stereocenters. The molecule has 0 radical (unpaired) electrons. The van der Waals surface area contributed by atoms with Crippen LogP contribution in [0.5, 0.6) is 5.88 Å². The lowest BCUT2D eigenvalue weighted by molar-refractivity contribution is 0.300. The second-order valence-corrected chi connectivity index (χ2v) is 5.93. The van der Waals surface area contributed by atoms with E-state index in [4.69, 9.17) is 32.4 Å². The van der Waals surface area contributed by atoms with Crippen molar-refractivity contribution in [3.63, 3.8) is 0 Å². The van der Waals surface area contributed by atoms with Crippen LogP contribution >= 0.6 is 23.2 Å². The van der Waals surface area contributed by atoms with Crippen LogP contribution in [-0.2, 0) is 6.54 Å². The fourth-order valence-electron chi connectivity index (χ4n) is 2.18. The highest BCUT2D eigenvalue weighted by atomic mass is 35.5. The summed E-state index contributed by atoms with van der Waals surface area (Å²) in [6, 6.07) is 14.7. The Morgan fingerprint density at radius 1 is 1.08 bits per heavy atom. The van der Waals surface area contributed by atoms with E-state index in [2.05, 4.69) is 10.3 Å². The van der Waals surface area contributed by atoms with E-state index in [9.17, 15) is 0 Å². The molecule has 4 nitrogen and oxygen atoms in total. The fraction of sp³-hybridized carbons (Fsp3) is 0.167. The molecule has 6 heteroatoms. The van der Waals surface area contributed by atoms with Crippen LogP contribution in [0.15, 0.2) is 59.1 Å². The van der Waals surface area contributed by atoms with Crippen LogP contribution < -0.4 is 10.1 Å².